The first kappa shape index (κ1) is 26.1. The molecule has 3 aliphatic carbocycles. The molecule has 0 aliphatic heterocycles. The second-order valence-electron chi connectivity index (χ2n) is 12.3. The van der Waals surface area contributed by atoms with E-state index in [9.17, 15) is 5.26 Å². The average Bonchev–Trinajstić information content (AvgIpc) is 2.85. The van der Waals surface area contributed by atoms with Crippen LogP contribution in [0.25, 0.3) is 0 Å². The molecule has 3 aliphatic rings. The van der Waals surface area contributed by atoms with Crippen LogP contribution in [-0.2, 0) is 0 Å². The van der Waals surface area contributed by atoms with Gasteiger partial charge in [-0.3, -0.25) is 0 Å². The van der Waals surface area contributed by atoms with E-state index in [-0.39, 0.29) is 5.41 Å². The Bertz CT molecular complexity index is 521. The van der Waals surface area contributed by atoms with Crippen molar-refractivity contribution in [3.8, 4) is 6.07 Å². The van der Waals surface area contributed by atoms with Gasteiger partial charge in [0.05, 0.1) is 11.5 Å². The fourth-order valence-electron chi connectivity index (χ4n) is 7.87. The van der Waals surface area contributed by atoms with E-state index in [1.54, 1.807) is 12.8 Å². The maximum atomic E-state index is 9.91. The molecular weight excluding hydrogens is 386 g/mol. The Morgan fingerprint density at radius 1 is 0.594 bits per heavy atom. The zero-order valence-electron chi connectivity index (χ0n) is 21.9. The third-order valence-electron chi connectivity index (χ3n) is 10.2. The Morgan fingerprint density at radius 2 is 1.06 bits per heavy atom. The van der Waals surface area contributed by atoms with Gasteiger partial charge < -0.3 is 0 Å². The van der Waals surface area contributed by atoms with Crippen LogP contribution in [0.4, 0.5) is 0 Å². The first-order valence-corrected chi connectivity index (χ1v) is 15.1. The lowest BCUT2D eigenvalue weighted by Crippen LogP contribution is -2.32. The molecule has 0 radical (unpaired) electrons. The highest BCUT2D eigenvalue weighted by Crippen LogP contribution is 2.49. The van der Waals surface area contributed by atoms with E-state index in [1.807, 2.05) is 0 Å². The third kappa shape index (κ3) is 7.77. The molecule has 3 rings (SSSR count). The highest BCUT2D eigenvalue weighted by Gasteiger charge is 2.39. The lowest BCUT2D eigenvalue weighted by Gasteiger charge is -2.43. The first-order chi connectivity index (χ1) is 15.7. The van der Waals surface area contributed by atoms with Crippen molar-refractivity contribution < 1.29 is 0 Å². The van der Waals surface area contributed by atoms with Crippen LogP contribution in [0.1, 0.15) is 155 Å². The van der Waals surface area contributed by atoms with E-state index >= 15 is 0 Å². The van der Waals surface area contributed by atoms with E-state index in [0.717, 1.165) is 29.6 Å². The molecule has 0 aromatic rings. The average molecular weight is 442 g/mol. The van der Waals surface area contributed by atoms with Gasteiger partial charge in [-0.25, -0.2) is 0 Å². The molecule has 0 N–H and O–H groups in total. The molecule has 0 spiro atoms. The molecule has 3 fully saturated rings. The fourth-order valence-corrected chi connectivity index (χ4v) is 7.87. The summed E-state index contributed by atoms with van der Waals surface area (Å²) in [6, 6.07) is 2.79. The second-order valence-corrected chi connectivity index (χ2v) is 12.3. The van der Waals surface area contributed by atoms with Gasteiger partial charge in [0.2, 0.25) is 0 Å². The lowest BCUT2D eigenvalue weighted by atomic mass is 9.62. The summed E-state index contributed by atoms with van der Waals surface area (Å²) in [6.45, 7) is 4.60. The van der Waals surface area contributed by atoms with Crippen LogP contribution >= 0.6 is 0 Å². The van der Waals surface area contributed by atoms with Gasteiger partial charge in [-0.1, -0.05) is 84.5 Å². The Labute approximate surface area is 201 Å². The SMILES string of the molecule is CCCCCCC1CCC(C2CCC(C3CCC(C#N)(CCCCCC)CC3)CC2)CC1. The largest absolute Gasteiger partial charge is 0.198 e. The quantitative estimate of drug-likeness (QED) is 0.276. The van der Waals surface area contributed by atoms with Gasteiger partial charge in [-0.05, 0) is 100 Å². The zero-order valence-corrected chi connectivity index (χ0v) is 21.9. The van der Waals surface area contributed by atoms with Crippen LogP contribution in [0.3, 0.4) is 0 Å². The van der Waals surface area contributed by atoms with Crippen molar-refractivity contribution in [2.24, 2.45) is 35.0 Å². The highest BCUT2D eigenvalue weighted by molar-refractivity contribution is 5.02. The molecule has 1 heteroatoms. The van der Waals surface area contributed by atoms with E-state index in [4.69, 9.17) is 0 Å². The summed E-state index contributed by atoms with van der Waals surface area (Å²) in [4.78, 5) is 0. The first-order valence-electron chi connectivity index (χ1n) is 15.1. The zero-order chi connectivity index (χ0) is 22.7. The maximum Gasteiger partial charge on any atom is 0.0689 e. The van der Waals surface area contributed by atoms with Crippen molar-refractivity contribution in [2.45, 2.75) is 155 Å². The van der Waals surface area contributed by atoms with Crippen molar-refractivity contribution in [3.63, 3.8) is 0 Å². The second kappa shape index (κ2) is 14.0. The van der Waals surface area contributed by atoms with Crippen LogP contribution in [-0.4, -0.2) is 0 Å². The number of nitrogens with zero attached hydrogens (tertiary/aromatic N) is 1. The number of hydrogen-bond acceptors (Lipinski definition) is 1. The summed E-state index contributed by atoms with van der Waals surface area (Å²) >= 11 is 0. The van der Waals surface area contributed by atoms with Crippen molar-refractivity contribution in [1.82, 2.24) is 0 Å². The van der Waals surface area contributed by atoms with Gasteiger partial charge >= 0.3 is 0 Å². The molecule has 32 heavy (non-hydrogen) atoms. The standard InChI is InChI=1S/C31H55N/c1-3-5-7-9-11-26-12-14-27(15-13-26)28-16-18-29(19-17-28)30-20-23-31(25-32,24-21-30)22-10-8-6-4-2/h26-30H,3-24H2,1-2H3. The smallest absolute Gasteiger partial charge is 0.0689 e. The third-order valence-corrected chi connectivity index (χ3v) is 10.2. The summed E-state index contributed by atoms with van der Waals surface area (Å²) in [5.74, 6) is 5.09. The van der Waals surface area contributed by atoms with Crippen molar-refractivity contribution >= 4 is 0 Å². The van der Waals surface area contributed by atoms with Crippen LogP contribution in [0.5, 0.6) is 0 Å². The van der Waals surface area contributed by atoms with Crippen molar-refractivity contribution in [2.75, 3.05) is 0 Å². The molecule has 0 heterocycles. The van der Waals surface area contributed by atoms with Crippen molar-refractivity contribution in [1.29, 1.82) is 5.26 Å². The van der Waals surface area contributed by atoms with E-state index in [1.165, 1.54) is 128 Å². The molecular formula is C31H55N. The normalized spacial score (nSPS) is 36.0. The van der Waals surface area contributed by atoms with Gasteiger partial charge in [-0.2, -0.15) is 5.26 Å². The molecule has 0 saturated heterocycles. The summed E-state index contributed by atoms with van der Waals surface area (Å²) in [6.07, 6.45) is 31.0. The summed E-state index contributed by atoms with van der Waals surface area (Å²) in [5.41, 5.74) is 0.0383. The van der Waals surface area contributed by atoms with Gasteiger partial charge in [0.1, 0.15) is 0 Å². The monoisotopic (exact) mass is 441 g/mol. The van der Waals surface area contributed by atoms with Gasteiger partial charge in [0.25, 0.3) is 0 Å². The minimum Gasteiger partial charge on any atom is -0.198 e. The molecule has 0 atom stereocenters. The summed E-state index contributed by atoms with van der Waals surface area (Å²) in [5, 5.41) is 9.91. The number of hydrogen-bond donors (Lipinski definition) is 0. The predicted molar refractivity (Wildman–Crippen MR) is 138 cm³/mol. The van der Waals surface area contributed by atoms with E-state index in [2.05, 4.69) is 19.9 Å². The Kier molecular flexibility index (Phi) is 11.4. The van der Waals surface area contributed by atoms with E-state index in [0.29, 0.717) is 0 Å². The predicted octanol–water partition coefficient (Wildman–Crippen LogP) is 10.2. The lowest BCUT2D eigenvalue weighted by molar-refractivity contribution is 0.0897. The molecule has 0 bridgehead atoms. The van der Waals surface area contributed by atoms with E-state index < -0.39 is 0 Å². The van der Waals surface area contributed by atoms with Crippen LogP contribution in [0.15, 0.2) is 0 Å². The Morgan fingerprint density at radius 3 is 1.56 bits per heavy atom. The minimum atomic E-state index is 0.0383. The number of unbranched alkanes of at least 4 members (excludes halogenated alkanes) is 6. The van der Waals surface area contributed by atoms with Gasteiger partial charge in [-0.15, -0.1) is 0 Å². The van der Waals surface area contributed by atoms with Gasteiger partial charge in [0, 0.05) is 0 Å². The summed E-state index contributed by atoms with van der Waals surface area (Å²) < 4.78 is 0. The number of nitriles is 1. The topological polar surface area (TPSA) is 23.8 Å². The Hall–Kier alpha value is -0.510. The van der Waals surface area contributed by atoms with Gasteiger partial charge in [0.15, 0.2) is 0 Å². The molecule has 0 aromatic heterocycles. The fraction of sp³-hybridized carbons (Fsp3) is 0.968. The molecule has 0 amide bonds. The van der Waals surface area contributed by atoms with Crippen LogP contribution in [0.2, 0.25) is 0 Å². The molecule has 184 valence electrons. The minimum absolute atomic E-state index is 0.0383. The maximum absolute atomic E-state index is 9.91. The number of rotatable bonds is 12. The van der Waals surface area contributed by atoms with Crippen molar-refractivity contribution in [3.05, 3.63) is 0 Å². The molecule has 0 aromatic carbocycles. The highest BCUT2D eigenvalue weighted by atomic mass is 14.5. The molecule has 0 unspecified atom stereocenters. The molecule has 1 nitrogen and oxygen atoms in total. The Balaban J connectivity index is 1.32. The molecule has 3 saturated carbocycles. The van der Waals surface area contributed by atoms with Crippen LogP contribution < -0.4 is 0 Å². The van der Waals surface area contributed by atoms with Crippen LogP contribution in [0, 0.1) is 46.3 Å². The summed E-state index contributed by atoms with van der Waals surface area (Å²) in [7, 11) is 0.